The Morgan fingerprint density at radius 2 is 1.89 bits per heavy atom. The molecule has 18 heavy (non-hydrogen) atoms. The second-order valence-corrected chi connectivity index (χ2v) is 6.26. The van der Waals surface area contributed by atoms with Crippen LogP contribution in [0, 0.1) is 11.8 Å². The Morgan fingerprint density at radius 3 is 2.61 bits per heavy atom. The summed E-state index contributed by atoms with van der Waals surface area (Å²) < 4.78 is 13.7. The minimum absolute atomic E-state index is 0.0592. The summed E-state index contributed by atoms with van der Waals surface area (Å²) in [5, 5.41) is 11.1. The Balaban J connectivity index is 1.86. The standard InChI is InChI=1S/C14H23FN2O/c15-10-6-7-12-11(8-10)14(18,13(16)17-12)9-4-2-1-3-5-9/h9-12,18H,1-8H2,(H2,16,17). The lowest BCUT2D eigenvalue weighted by molar-refractivity contribution is -0.0402. The van der Waals surface area contributed by atoms with Crippen LogP contribution in [-0.4, -0.2) is 28.8 Å². The highest BCUT2D eigenvalue weighted by atomic mass is 19.1. The monoisotopic (exact) mass is 254 g/mol. The van der Waals surface area contributed by atoms with Gasteiger partial charge in [-0.2, -0.15) is 0 Å². The number of nitrogens with two attached hydrogens (primary N) is 1. The molecule has 1 heterocycles. The molecular weight excluding hydrogens is 231 g/mol. The van der Waals surface area contributed by atoms with E-state index in [2.05, 4.69) is 4.99 Å². The van der Waals surface area contributed by atoms with E-state index in [4.69, 9.17) is 5.73 Å². The first-order valence-corrected chi connectivity index (χ1v) is 7.32. The number of halogens is 1. The average molecular weight is 254 g/mol. The number of aliphatic hydroxyl groups is 1. The molecule has 0 aromatic rings. The Bertz CT molecular complexity index is 354. The Hall–Kier alpha value is -0.640. The molecule has 102 valence electrons. The Kier molecular flexibility index (Phi) is 3.08. The first-order chi connectivity index (χ1) is 8.62. The highest BCUT2D eigenvalue weighted by molar-refractivity contribution is 5.91. The Labute approximate surface area is 108 Å². The number of hydrogen-bond donors (Lipinski definition) is 2. The largest absolute Gasteiger partial charge is 0.385 e. The van der Waals surface area contributed by atoms with Crippen LogP contribution in [0.1, 0.15) is 51.4 Å². The predicted molar refractivity (Wildman–Crippen MR) is 69.2 cm³/mol. The minimum Gasteiger partial charge on any atom is -0.385 e. The molecule has 0 aromatic heterocycles. The van der Waals surface area contributed by atoms with E-state index in [9.17, 15) is 9.50 Å². The van der Waals surface area contributed by atoms with Crippen LogP contribution in [-0.2, 0) is 0 Å². The molecule has 1 aliphatic heterocycles. The van der Waals surface area contributed by atoms with Crippen LogP contribution in [0.15, 0.2) is 4.99 Å². The number of alkyl halides is 1. The van der Waals surface area contributed by atoms with Gasteiger partial charge in [0.15, 0.2) is 0 Å². The molecule has 0 spiro atoms. The molecule has 0 aromatic carbocycles. The van der Waals surface area contributed by atoms with E-state index < -0.39 is 11.8 Å². The maximum atomic E-state index is 13.7. The molecule has 4 unspecified atom stereocenters. The molecule has 4 atom stereocenters. The van der Waals surface area contributed by atoms with Crippen molar-refractivity contribution in [2.75, 3.05) is 0 Å². The van der Waals surface area contributed by atoms with Crippen molar-refractivity contribution in [1.82, 2.24) is 0 Å². The van der Waals surface area contributed by atoms with E-state index in [0.29, 0.717) is 18.7 Å². The molecule has 2 aliphatic carbocycles. The number of amidine groups is 1. The normalized spacial score (nSPS) is 45.7. The maximum absolute atomic E-state index is 13.7. The van der Waals surface area contributed by atoms with Gasteiger partial charge in [-0.1, -0.05) is 19.3 Å². The summed E-state index contributed by atoms with van der Waals surface area (Å²) in [5.74, 6) is 0.498. The van der Waals surface area contributed by atoms with Crippen LogP contribution in [0.5, 0.6) is 0 Å². The van der Waals surface area contributed by atoms with Crippen molar-refractivity contribution in [2.45, 2.75) is 69.2 Å². The topological polar surface area (TPSA) is 58.6 Å². The molecule has 3 rings (SSSR count). The van der Waals surface area contributed by atoms with Gasteiger partial charge in [-0.25, -0.2) is 4.39 Å². The third-order valence-corrected chi connectivity index (χ3v) is 5.26. The van der Waals surface area contributed by atoms with E-state index in [0.717, 1.165) is 32.1 Å². The third kappa shape index (κ3) is 1.77. The van der Waals surface area contributed by atoms with Gasteiger partial charge in [0.2, 0.25) is 0 Å². The number of nitrogens with zero attached hydrogens (tertiary/aromatic N) is 1. The van der Waals surface area contributed by atoms with Gasteiger partial charge in [-0.05, 0) is 38.0 Å². The second kappa shape index (κ2) is 4.48. The molecular formula is C14H23FN2O. The summed E-state index contributed by atoms with van der Waals surface area (Å²) in [4.78, 5) is 4.45. The summed E-state index contributed by atoms with van der Waals surface area (Å²) >= 11 is 0. The molecule has 0 radical (unpaired) electrons. The van der Waals surface area contributed by atoms with Crippen molar-refractivity contribution < 1.29 is 9.50 Å². The van der Waals surface area contributed by atoms with E-state index in [1.807, 2.05) is 0 Å². The molecule has 0 bridgehead atoms. The van der Waals surface area contributed by atoms with Crippen LogP contribution in [0.2, 0.25) is 0 Å². The van der Waals surface area contributed by atoms with Crippen molar-refractivity contribution in [2.24, 2.45) is 22.6 Å². The van der Waals surface area contributed by atoms with Crippen LogP contribution in [0.25, 0.3) is 0 Å². The summed E-state index contributed by atoms with van der Waals surface area (Å²) in [6.45, 7) is 0. The number of hydrogen-bond acceptors (Lipinski definition) is 3. The van der Waals surface area contributed by atoms with Gasteiger partial charge >= 0.3 is 0 Å². The lowest BCUT2D eigenvalue weighted by atomic mass is 9.66. The van der Waals surface area contributed by atoms with Crippen LogP contribution < -0.4 is 5.73 Å². The lowest BCUT2D eigenvalue weighted by Crippen LogP contribution is -2.55. The van der Waals surface area contributed by atoms with E-state index in [-0.39, 0.29) is 17.9 Å². The zero-order chi connectivity index (χ0) is 12.8. The minimum atomic E-state index is -1.02. The zero-order valence-electron chi connectivity index (χ0n) is 10.8. The fourth-order valence-electron chi connectivity index (χ4n) is 4.26. The highest BCUT2D eigenvalue weighted by Gasteiger charge is 2.55. The number of fused-ring (bicyclic) bond motifs is 1. The van der Waals surface area contributed by atoms with Gasteiger partial charge in [-0.15, -0.1) is 0 Å². The zero-order valence-corrected chi connectivity index (χ0v) is 10.8. The van der Waals surface area contributed by atoms with Crippen LogP contribution >= 0.6 is 0 Å². The highest BCUT2D eigenvalue weighted by Crippen LogP contribution is 2.47. The third-order valence-electron chi connectivity index (χ3n) is 5.26. The van der Waals surface area contributed by atoms with Crippen molar-refractivity contribution >= 4 is 5.84 Å². The van der Waals surface area contributed by atoms with Gasteiger partial charge < -0.3 is 10.8 Å². The lowest BCUT2D eigenvalue weighted by Gasteiger charge is -2.42. The fraction of sp³-hybridized carbons (Fsp3) is 0.929. The SMILES string of the molecule is NC1=NC2CCC(F)CC2C1(O)C1CCCCC1. The van der Waals surface area contributed by atoms with Crippen molar-refractivity contribution in [3.8, 4) is 0 Å². The van der Waals surface area contributed by atoms with Crippen molar-refractivity contribution in [3.05, 3.63) is 0 Å². The van der Waals surface area contributed by atoms with E-state index in [1.165, 1.54) is 6.42 Å². The molecule has 3 N–H and O–H groups in total. The van der Waals surface area contributed by atoms with Gasteiger partial charge in [0.1, 0.15) is 17.6 Å². The predicted octanol–water partition coefficient (Wildman–Crippen LogP) is 2.18. The quantitative estimate of drug-likeness (QED) is 0.753. The Morgan fingerprint density at radius 1 is 1.17 bits per heavy atom. The van der Waals surface area contributed by atoms with Crippen molar-refractivity contribution in [1.29, 1.82) is 0 Å². The average Bonchev–Trinajstić information content (AvgIpc) is 2.64. The molecule has 2 fully saturated rings. The van der Waals surface area contributed by atoms with Gasteiger partial charge in [0.25, 0.3) is 0 Å². The van der Waals surface area contributed by atoms with Gasteiger partial charge in [0.05, 0.1) is 6.04 Å². The first-order valence-electron chi connectivity index (χ1n) is 7.32. The fourth-order valence-corrected chi connectivity index (χ4v) is 4.26. The summed E-state index contributed by atoms with van der Waals surface area (Å²) in [5.41, 5.74) is 5.01. The number of rotatable bonds is 1. The summed E-state index contributed by atoms with van der Waals surface area (Å²) in [6.07, 6.45) is 6.50. The molecule has 2 saturated carbocycles. The molecule has 3 aliphatic rings. The van der Waals surface area contributed by atoms with Crippen LogP contribution in [0.4, 0.5) is 4.39 Å². The number of aliphatic imine (C=N–C) groups is 1. The summed E-state index contributed by atoms with van der Waals surface area (Å²) in [6, 6.07) is 0.0592. The molecule has 3 nitrogen and oxygen atoms in total. The molecule has 0 saturated heterocycles. The first kappa shape index (κ1) is 12.4. The van der Waals surface area contributed by atoms with Crippen molar-refractivity contribution in [3.63, 3.8) is 0 Å². The molecule has 4 heteroatoms. The second-order valence-electron chi connectivity index (χ2n) is 6.26. The maximum Gasteiger partial charge on any atom is 0.129 e. The molecule has 0 amide bonds. The summed E-state index contributed by atoms with van der Waals surface area (Å²) in [7, 11) is 0. The smallest absolute Gasteiger partial charge is 0.129 e. The van der Waals surface area contributed by atoms with E-state index in [1.54, 1.807) is 0 Å². The van der Waals surface area contributed by atoms with E-state index >= 15 is 0 Å². The van der Waals surface area contributed by atoms with Gasteiger partial charge in [0, 0.05) is 5.92 Å². The van der Waals surface area contributed by atoms with Gasteiger partial charge in [-0.3, -0.25) is 4.99 Å². The van der Waals surface area contributed by atoms with Crippen LogP contribution in [0.3, 0.4) is 0 Å².